The van der Waals surface area contributed by atoms with E-state index in [1.165, 1.54) is 6.07 Å². The Labute approximate surface area is 174 Å². The first-order valence-electron chi connectivity index (χ1n) is 9.61. The van der Waals surface area contributed by atoms with Crippen LogP contribution in [0.2, 0.25) is 5.02 Å². The molecule has 1 aliphatic heterocycles. The van der Waals surface area contributed by atoms with Crippen molar-refractivity contribution < 1.29 is 23.5 Å². The number of rotatable bonds is 3. The molecular weight excluding hydrogens is 398 g/mol. The van der Waals surface area contributed by atoms with E-state index in [1.54, 1.807) is 17.9 Å². The van der Waals surface area contributed by atoms with Gasteiger partial charge in [0.15, 0.2) is 5.58 Å². The van der Waals surface area contributed by atoms with Crippen LogP contribution in [0.4, 0.5) is 10.8 Å². The average molecular weight is 424 g/mol. The van der Waals surface area contributed by atoms with Crippen molar-refractivity contribution in [1.29, 1.82) is 0 Å². The number of carbonyl (C=O) groups is 2. The summed E-state index contributed by atoms with van der Waals surface area (Å²) in [5.41, 5.74) is 0.524. The zero-order valence-corrected chi connectivity index (χ0v) is 18.1. The number of nitrogens with zero attached hydrogens (tertiary/aromatic N) is 3. The lowest BCUT2D eigenvalue weighted by molar-refractivity contribution is 0.0216. The number of amides is 1. The molecule has 0 spiro atoms. The van der Waals surface area contributed by atoms with E-state index in [0.29, 0.717) is 41.8 Å². The second-order valence-corrected chi connectivity index (χ2v) is 8.42. The van der Waals surface area contributed by atoms with Crippen LogP contribution in [0, 0.1) is 0 Å². The smallest absolute Gasteiger partial charge is 0.410 e. The first-order chi connectivity index (χ1) is 13.6. The first-order valence-corrected chi connectivity index (χ1v) is 9.98. The maximum atomic E-state index is 12.3. The number of hydrogen-bond acceptors (Lipinski definition) is 7. The number of esters is 1. The molecule has 1 fully saturated rings. The van der Waals surface area contributed by atoms with Crippen LogP contribution in [0.5, 0.6) is 0 Å². The predicted molar refractivity (Wildman–Crippen MR) is 110 cm³/mol. The maximum absolute atomic E-state index is 12.3. The van der Waals surface area contributed by atoms with E-state index in [9.17, 15) is 9.59 Å². The highest BCUT2D eigenvalue weighted by atomic mass is 35.5. The van der Waals surface area contributed by atoms with Gasteiger partial charge in [-0.1, -0.05) is 11.6 Å². The van der Waals surface area contributed by atoms with Crippen molar-refractivity contribution in [2.45, 2.75) is 46.3 Å². The minimum absolute atomic E-state index is 0.0501. The van der Waals surface area contributed by atoms with Gasteiger partial charge in [0.05, 0.1) is 6.61 Å². The fourth-order valence-electron chi connectivity index (χ4n) is 3.20. The molecular formula is C20H26ClN3O5. The highest BCUT2D eigenvalue weighted by molar-refractivity contribution is 6.31. The van der Waals surface area contributed by atoms with Gasteiger partial charge in [-0.05, 0) is 46.8 Å². The number of anilines is 1. The molecule has 1 aliphatic rings. The SMILES string of the molecule is CCOC(=O)c1cc(Cl)cc2nc(N3CCN(C(=O)OC(C)(C)C)CC3C)oc12. The Morgan fingerprint density at radius 3 is 2.66 bits per heavy atom. The first kappa shape index (κ1) is 21.2. The van der Waals surface area contributed by atoms with E-state index in [1.807, 2.05) is 32.6 Å². The molecule has 8 nitrogen and oxygen atoms in total. The lowest BCUT2D eigenvalue weighted by atomic mass is 10.2. The predicted octanol–water partition coefficient (Wildman–Crippen LogP) is 4.10. The largest absolute Gasteiger partial charge is 0.462 e. The monoisotopic (exact) mass is 423 g/mol. The standard InChI is InChI=1S/C20H26ClN3O5/c1-6-27-17(25)14-9-13(21)10-15-16(14)28-18(22-15)24-8-7-23(11-12(24)2)19(26)29-20(3,4)5/h9-10,12H,6-8,11H2,1-5H3. The van der Waals surface area contributed by atoms with E-state index >= 15 is 0 Å². The highest BCUT2D eigenvalue weighted by Gasteiger charge is 2.32. The third kappa shape index (κ3) is 4.75. The Kier molecular flexibility index (Phi) is 5.93. The van der Waals surface area contributed by atoms with Crippen LogP contribution in [-0.2, 0) is 9.47 Å². The lowest BCUT2D eigenvalue weighted by Gasteiger charge is -2.39. The van der Waals surface area contributed by atoms with Crippen LogP contribution in [0.15, 0.2) is 16.5 Å². The number of carbonyl (C=O) groups excluding carboxylic acids is 2. The summed E-state index contributed by atoms with van der Waals surface area (Å²) in [5.74, 6) is -0.509. The number of piperazine rings is 1. The molecule has 1 atom stereocenters. The zero-order valence-electron chi connectivity index (χ0n) is 17.3. The molecule has 1 saturated heterocycles. The van der Waals surface area contributed by atoms with Crippen LogP contribution in [-0.4, -0.2) is 59.8 Å². The van der Waals surface area contributed by atoms with Crippen LogP contribution < -0.4 is 4.90 Å². The maximum Gasteiger partial charge on any atom is 0.410 e. The van der Waals surface area contributed by atoms with Crippen LogP contribution in [0.3, 0.4) is 0 Å². The summed E-state index contributed by atoms with van der Waals surface area (Å²) in [6.07, 6.45) is -0.335. The van der Waals surface area contributed by atoms with Gasteiger partial charge in [-0.25, -0.2) is 9.59 Å². The van der Waals surface area contributed by atoms with Crippen molar-refractivity contribution >= 4 is 40.8 Å². The van der Waals surface area contributed by atoms with Gasteiger partial charge < -0.3 is 23.7 Å². The van der Waals surface area contributed by atoms with Crippen LogP contribution in [0.1, 0.15) is 45.0 Å². The van der Waals surface area contributed by atoms with Gasteiger partial charge in [0, 0.05) is 30.7 Å². The molecule has 0 N–H and O–H groups in total. The summed E-state index contributed by atoms with van der Waals surface area (Å²) in [7, 11) is 0. The molecule has 2 aromatic rings. The van der Waals surface area contributed by atoms with Crippen LogP contribution >= 0.6 is 11.6 Å². The molecule has 0 bridgehead atoms. The molecule has 158 valence electrons. The van der Waals surface area contributed by atoms with Crippen molar-refractivity contribution in [3.63, 3.8) is 0 Å². The zero-order chi connectivity index (χ0) is 21.3. The number of ether oxygens (including phenoxy) is 2. The molecule has 1 unspecified atom stereocenters. The third-order valence-electron chi connectivity index (χ3n) is 4.46. The summed E-state index contributed by atoms with van der Waals surface area (Å²) < 4.78 is 16.5. The summed E-state index contributed by atoms with van der Waals surface area (Å²) in [4.78, 5) is 32.7. The molecule has 2 heterocycles. The number of benzene rings is 1. The molecule has 0 radical (unpaired) electrons. The fourth-order valence-corrected chi connectivity index (χ4v) is 3.42. The lowest BCUT2D eigenvalue weighted by Crippen LogP contribution is -2.54. The summed E-state index contributed by atoms with van der Waals surface area (Å²) in [6, 6.07) is 3.49. The van der Waals surface area contributed by atoms with E-state index in [0.717, 1.165) is 0 Å². The molecule has 1 amide bonds. The van der Waals surface area contributed by atoms with Gasteiger partial charge in [-0.15, -0.1) is 0 Å². The Morgan fingerprint density at radius 2 is 2.03 bits per heavy atom. The summed E-state index contributed by atoms with van der Waals surface area (Å²) in [6.45, 7) is 11.0. The molecule has 0 aliphatic carbocycles. The number of hydrogen-bond donors (Lipinski definition) is 0. The van der Waals surface area contributed by atoms with Crippen molar-refractivity contribution in [1.82, 2.24) is 9.88 Å². The van der Waals surface area contributed by atoms with Gasteiger partial charge in [0.2, 0.25) is 0 Å². The molecule has 1 aromatic carbocycles. The number of halogens is 1. The Bertz CT molecular complexity index is 921. The summed E-state index contributed by atoms with van der Waals surface area (Å²) >= 11 is 6.14. The fraction of sp³-hybridized carbons (Fsp3) is 0.550. The topological polar surface area (TPSA) is 85.1 Å². The molecule has 1 aromatic heterocycles. The van der Waals surface area contributed by atoms with E-state index in [4.69, 9.17) is 25.5 Å². The molecule has 29 heavy (non-hydrogen) atoms. The number of oxazole rings is 1. The van der Waals surface area contributed by atoms with E-state index in [2.05, 4.69) is 4.98 Å². The molecule has 9 heteroatoms. The Hall–Kier alpha value is -2.48. The average Bonchev–Trinajstić information content (AvgIpc) is 3.03. The van der Waals surface area contributed by atoms with Crippen LogP contribution in [0.25, 0.3) is 11.1 Å². The summed E-state index contributed by atoms with van der Waals surface area (Å²) in [5, 5.41) is 0.378. The second kappa shape index (κ2) is 8.10. The number of fused-ring (bicyclic) bond motifs is 1. The van der Waals surface area contributed by atoms with Gasteiger partial charge in [-0.3, -0.25) is 0 Å². The van der Waals surface area contributed by atoms with E-state index < -0.39 is 11.6 Å². The minimum Gasteiger partial charge on any atom is -0.462 e. The van der Waals surface area contributed by atoms with Crippen molar-refractivity contribution in [2.75, 3.05) is 31.1 Å². The molecule has 3 rings (SSSR count). The quantitative estimate of drug-likeness (QED) is 0.687. The second-order valence-electron chi connectivity index (χ2n) is 7.99. The van der Waals surface area contributed by atoms with Gasteiger partial charge in [0.1, 0.15) is 16.7 Å². The normalized spacial score (nSPS) is 17.5. The van der Waals surface area contributed by atoms with Crippen molar-refractivity contribution in [2.24, 2.45) is 0 Å². The van der Waals surface area contributed by atoms with Gasteiger partial charge in [-0.2, -0.15) is 4.98 Å². The third-order valence-corrected chi connectivity index (χ3v) is 4.68. The van der Waals surface area contributed by atoms with Crippen molar-refractivity contribution in [3.05, 3.63) is 22.7 Å². The van der Waals surface area contributed by atoms with Gasteiger partial charge in [0.25, 0.3) is 6.01 Å². The van der Waals surface area contributed by atoms with E-state index in [-0.39, 0.29) is 24.3 Å². The number of aromatic nitrogens is 1. The van der Waals surface area contributed by atoms with Gasteiger partial charge >= 0.3 is 12.1 Å². The Balaban J connectivity index is 1.82. The minimum atomic E-state index is -0.541. The highest BCUT2D eigenvalue weighted by Crippen LogP contribution is 2.30. The molecule has 0 saturated carbocycles. The Morgan fingerprint density at radius 1 is 1.31 bits per heavy atom. The van der Waals surface area contributed by atoms with Crippen molar-refractivity contribution in [3.8, 4) is 0 Å².